The number of ether oxygens (including phenoxy) is 1. The van der Waals surface area contributed by atoms with Gasteiger partial charge in [-0.1, -0.05) is 12.1 Å². The monoisotopic (exact) mass is 540 g/mol. The number of anilines is 2. The molecule has 2 aromatic heterocycles. The first-order chi connectivity index (χ1) is 17.6. The molecule has 5 N–H and O–H groups in total. The van der Waals surface area contributed by atoms with Gasteiger partial charge in [0.15, 0.2) is 0 Å². The Hall–Kier alpha value is -3.23. The molecule has 1 fully saturated rings. The van der Waals surface area contributed by atoms with E-state index < -0.39 is 43.0 Å². The Morgan fingerprint density at radius 3 is 2.65 bits per heavy atom. The van der Waals surface area contributed by atoms with Gasteiger partial charge in [0.2, 0.25) is 5.95 Å². The molecule has 4 rings (SSSR count). The normalized spacial score (nSPS) is 21.7. The van der Waals surface area contributed by atoms with Crippen LogP contribution in [0.2, 0.25) is 0 Å². The van der Waals surface area contributed by atoms with E-state index in [0.717, 1.165) is 10.2 Å². The Bertz CT molecular complexity index is 1220. The zero-order chi connectivity index (χ0) is 26.7. The van der Waals surface area contributed by atoms with Crippen molar-refractivity contribution in [1.29, 1.82) is 0 Å². The Morgan fingerprint density at radius 2 is 1.95 bits per heavy atom. The first-order valence-electron chi connectivity index (χ1n) is 11.6. The maximum absolute atomic E-state index is 12.8. The van der Waals surface area contributed by atoms with E-state index in [9.17, 15) is 28.2 Å². The Balaban J connectivity index is 1.63. The van der Waals surface area contributed by atoms with Crippen molar-refractivity contribution in [3.8, 4) is 10.6 Å². The molecule has 1 aliphatic carbocycles. The van der Waals surface area contributed by atoms with E-state index in [1.165, 1.54) is 11.3 Å². The molecular formula is C23H27F3N6O4S. The molecule has 200 valence electrons. The van der Waals surface area contributed by atoms with Crippen LogP contribution in [0, 0.1) is 12.8 Å². The lowest BCUT2D eigenvalue weighted by molar-refractivity contribution is -0.115. The molecule has 0 unspecified atom stereocenters. The van der Waals surface area contributed by atoms with Gasteiger partial charge in [-0.05, 0) is 32.4 Å². The van der Waals surface area contributed by atoms with E-state index in [-0.39, 0.29) is 24.8 Å². The molecule has 14 heteroatoms. The van der Waals surface area contributed by atoms with E-state index >= 15 is 0 Å². The van der Waals surface area contributed by atoms with Crippen LogP contribution in [0.25, 0.3) is 20.8 Å². The number of halogens is 3. The molecule has 10 nitrogen and oxygen atoms in total. The lowest BCUT2D eigenvalue weighted by Gasteiger charge is -2.21. The summed E-state index contributed by atoms with van der Waals surface area (Å²) in [6, 6.07) is 6.73. The molecule has 0 aliphatic heterocycles. The molecule has 1 amide bonds. The fourth-order valence-electron chi connectivity index (χ4n) is 4.16. The summed E-state index contributed by atoms with van der Waals surface area (Å²) in [5, 5.41) is 29.5. The van der Waals surface area contributed by atoms with Crippen molar-refractivity contribution in [3.05, 3.63) is 30.0 Å². The SMILES string of the molecule is CCNC(=O)OC[C@H]1C[C@@H](Nc2nc(NCC(F)(F)F)nc(C)c2-c2nc3ccccc3s2)[C@H](O)[C@@H]1O. The molecular weight excluding hydrogens is 513 g/mol. The van der Waals surface area contributed by atoms with E-state index in [1.54, 1.807) is 13.8 Å². The standard InChI is InChI=1S/C23H27F3N6O4S/c1-3-27-22(35)36-9-12-8-14(18(34)17(12)33)30-19-16(20-31-13-6-4-5-7-15(13)37-20)11(2)29-21(32-19)28-10-23(24,25)26/h4-7,12,14,17-18,33-34H,3,8-10H2,1-2H3,(H,27,35)(H2,28,29,30,32)/t12-,14-,17-,18+/m1/s1. The molecule has 3 aromatic rings. The minimum absolute atomic E-state index is 0.117. The molecule has 0 bridgehead atoms. The highest BCUT2D eigenvalue weighted by Crippen LogP contribution is 2.38. The van der Waals surface area contributed by atoms with Crippen molar-refractivity contribution in [2.75, 3.05) is 30.3 Å². The fraction of sp³-hybridized carbons (Fsp3) is 0.478. The highest BCUT2D eigenvalue weighted by atomic mass is 32.1. The lowest BCUT2D eigenvalue weighted by Crippen LogP contribution is -2.36. The quantitative estimate of drug-likeness (QED) is 0.291. The predicted octanol–water partition coefficient (Wildman–Crippen LogP) is 3.30. The summed E-state index contributed by atoms with van der Waals surface area (Å²) in [6.45, 7) is 2.31. The second kappa shape index (κ2) is 11.0. The summed E-state index contributed by atoms with van der Waals surface area (Å²) >= 11 is 1.37. The minimum Gasteiger partial charge on any atom is -0.449 e. The van der Waals surface area contributed by atoms with Crippen molar-refractivity contribution < 1.29 is 32.9 Å². The first-order valence-corrected chi connectivity index (χ1v) is 12.5. The second-order valence-corrected chi connectivity index (χ2v) is 9.70. The number of para-hydroxylation sites is 1. The van der Waals surface area contributed by atoms with Crippen LogP contribution in [-0.2, 0) is 4.74 Å². The zero-order valence-corrected chi connectivity index (χ0v) is 20.9. The van der Waals surface area contributed by atoms with Crippen LogP contribution < -0.4 is 16.0 Å². The number of aromatic nitrogens is 3. The van der Waals surface area contributed by atoms with Crippen LogP contribution >= 0.6 is 11.3 Å². The van der Waals surface area contributed by atoms with Crippen LogP contribution in [-0.4, -0.2) is 75.4 Å². The third-order valence-electron chi connectivity index (χ3n) is 5.92. The van der Waals surface area contributed by atoms with Gasteiger partial charge in [0.05, 0.1) is 40.2 Å². The number of carbonyl (C=O) groups is 1. The molecule has 1 saturated carbocycles. The highest BCUT2D eigenvalue weighted by molar-refractivity contribution is 7.21. The number of carbonyl (C=O) groups excluding carboxylic acids is 1. The van der Waals surface area contributed by atoms with Crippen LogP contribution in [0.5, 0.6) is 0 Å². The maximum atomic E-state index is 12.8. The summed E-state index contributed by atoms with van der Waals surface area (Å²) < 4.78 is 44.4. The molecule has 0 spiro atoms. The number of alkyl carbamates (subject to hydrolysis) is 1. The summed E-state index contributed by atoms with van der Waals surface area (Å²) in [6.07, 6.45) is -7.32. The molecule has 1 aromatic carbocycles. The molecule has 0 saturated heterocycles. The number of hydrogen-bond acceptors (Lipinski definition) is 10. The largest absolute Gasteiger partial charge is 0.449 e. The highest BCUT2D eigenvalue weighted by Gasteiger charge is 2.42. The fourth-order valence-corrected chi connectivity index (χ4v) is 5.22. The van der Waals surface area contributed by atoms with Crippen LogP contribution in [0.3, 0.4) is 0 Å². The Morgan fingerprint density at radius 1 is 1.19 bits per heavy atom. The van der Waals surface area contributed by atoms with Gasteiger partial charge in [-0.15, -0.1) is 11.3 Å². The number of alkyl halides is 3. The van der Waals surface area contributed by atoms with Crippen molar-refractivity contribution in [3.63, 3.8) is 0 Å². The van der Waals surface area contributed by atoms with Crippen molar-refractivity contribution in [2.45, 2.75) is 44.7 Å². The molecule has 1 aliphatic rings. The first kappa shape index (κ1) is 26.8. The van der Waals surface area contributed by atoms with Gasteiger partial charge in [0.1, 0.15) is 23.5 Å². The molecule has 4 atom stereocenters. The molecule has 2 heterocycles. The third kappa shape index (κ3) is 6.37. The lowest BCUT2D eigenvalue weighted by atomic mass is 10.1. The number of fused-ring (bicyclic) bond motifs is 1. The topological polar surface area (TPSA) is 142 Å². The number of amides is 1. The van der Waals surface area contributed by atoms with E-state index in [1.807, 2.05) is 24.3 Å². The number of benzene rings is 1. The number of hydrogen-bond donors (Lipinski definition) is 5. The van der Waals surface area contributed by atoms with E-state index in [2.05, 4.69) is 30.9 Å². The van der Waals surface area contributed by atoms with Crippen molar-refractivity contribution in [1.82, 2.24) is 20.3 Å². The smallest absolute Gasteiger partial charge is 0.407 e. The number of nitrogens with zero attached hydrogens (tertiary/aromatic N) is 3. The van der Waals surface area contributed by atoms with Gasteiger partial charge >= 0.3 is 12.3 Å². The van der Waals surface area contributed by atoms with Gasteiger partial charge in [-0.3, -0.25) is 0 Å². The summed E-state index contributed by atoms with van der Waals surface area (Å²) in [5.74, 6) is -0.643. The number of aliphatic hydroxyl groups excluding tert-OH is 2. The van der Waals surface area contributed by atoms with Crippen LogP contribution in [0.15, 0.2) is 24.3 Å². The molecule has 0 radical (unpaired) electrons. The number of nitrogens with one attached hydrogen (secondary N) is 3. The van der Waals surface area contributed by atoms with Gasteiger partial charge < -0.3 is 30.9 Å². The van der Waals surface area contributed by atoms with Crippen molar-refractivity contribution in [2.24, 2.45) is 5.92 Å². The number of aryl methyl sites for hydroxylation is 1. The summed E-state index contributed by atoms with van der Waals surface area (Å²) in [7, 11) is 0. The zero-order valence-electron chi connectivity index (χ0n) is 20.0. The van der Waals surface area contributed by atoms with Gasteiger partial charge in [0.25, 0.3) is 0 Å². The molecule has 37 heavy (non-hydrogen) atoms. The average Bonchev–Trinajstić information content (AvgIpc) is 3.37. The second-order valence-electron chi connectivity index (χ2n) is 8.67. The number of thiazole rings is 1. The van der Waals surface area contributed by atoms with Crippen molar-refractivity contribution >= 4 is 39.4 Å². The number of aliphatic hydroxyl groups is 2. The third-order valence-corrected chi connectivity index (χ3v) is 6.97. The van der Waals surface area contributed by atoms with E-state index in [4.69, 9.17) is 4.74 Å². The summed E-state index contributed by atoms with van der Waals surface area (Å²) in [4.78, 5) is 24.7. The van der Waals surface area contributed by atoms with Crippen LogP contribution in [0.4, 0.5) is 29.7 Å². The Kier molecular flexibility index (Phi) is 7.99. The van der Waals surface area contributed by atoms with E-state index in [0.29, 0.717) is 22.8 Å². The number of rotatable bonds is 8. The maximum Gasteiger partial charge on any atom is 0.407 e. The predicted molar refractivity (Wildman–Crippen MR) is 132 cm³/mol. The van der Waals surface area contributed by atoms with Crippen LogP contribution in [0.1, 0.15) is 19.0 Å². The van der Waals surface area contributed by atoms with Gasteiger partial charge in [0, 0.05) is 12.5 Å². The van der Waals surface area contributed by atoms with Gasteiger partial charge in [-0.2, -0.15) is 18.2 Å². The van der Waals surface area contributed by atoms with Gasteiger partial charge in [-0.25, -0.2) is 14.8 Å². The Labute approximate surface area is 214 Å². The summed E-state index contributed by atoms with van der Waals surface area (Å²) in [5.41, 5.74) is 1.60. The minimum atomic E-state index is -4.47. The average molecular weight is 541 g/mol.